The van der Waals surface area contributed by atoms with E-state index in [0.717, 1.165) is 37.3 Å². The molecule has 2 aliphatic rings. The molecule has 1 aromatic heterocycles. The van der Waals surface area contributed by atoms with Crippen LogP contribution in [0.1, 0.15) is 303 Å². The second-order valence-electron chi connectivity index (χ2n) is 21.8. The molecule has 0 amide bonds. The molecule has 1 N–H and O–H groups in total. The van der Waals surface area contributed by atoms with Crippen LogP contribution >= 0.6 is 0 Å². The molecule has 70 heavy (non-hydrogen) atoms. The Morgan fingerprint density at radius 3 is 1.19 bits per heavy atom. The average molecular weight is 969 g/mol. The second-order valence-corrected chi connectivity index (χ2v) is 21.8. The molecule has 1 aromatic rings. The number of rotatable bonds is 46. The zero-order valence-corrected chi connectivity index (χ0v) is 47.1. The maximum absolute atomic E-state index is 13.9. The van der Waals surface area contributed by atoms with Crippen LogP contribution < -0.4 is 4.90 Å². The Morgan fingerprint density at radius 2 is 0.843 bits per heavy atom. The standard InChI is InChI=1S/C64H110N4O2/c1-7-11-15-19-23-27-31-35-39-43-47-67(48-44-40-36-32-28-24-20-16-12-8-2)59-53-65-57(51-55(59)5)61-63(69)62(64(61)70)58-52-56(6)60(54-66-58)68(49-45-41-37-33-29-25-21-17-13-9-3)50-46-42-38-34-30-26-22-18-14-10-4/h51-54H,7-50H2,1-6H3/p+1. The van der Waals surface area contributed by atoms with Crippen LogP contribution in [0.5, 0.6) is 0 Å². The van der Waals surface area contributed by atoms with Gasteiger partial charge in [0.1, 0.15) is 18.8 Å². The number of aromatic nitrogens is 1. The van der Waals surface area contributed by atoms with Crippen LogP contribution in [0.4, 0.5) is 5.69 Å². The number of allylic oxidation sites excluding steroid dienone is 4. The lowest BCUT2D eigenvalue weighted by Crippen LogP contribution is -2.29. The number of pyridine rings is 1. The molecule has 0 unspecified atom stereocenters. The summed E-state index contributed by atoms with van der Waals surface area (Å²) in [6, 6.07) is 2.03. The Hall–Kier alpha value is -3.02. The van der Waals surface area contributed by atoms with E-state index in [1.165, 1.54) is 268 Å². The number of carbonyl (C=O) groups is 1. The molecule has 0 saturated carbocycles. The van der Waals surface area contributed by atoms with Crippen molar-refractivity contribution < 1.29 is 14.5 Å². The number of unbranched alkanes of at least 4 members (excludes halogenated alkanes) is 36. The largest absolute Gasteiger partial charge is 0.506 e. The molecule has 0 spiro atoms. The molecule has 398 valence electrons. The van der Waals surface area contributed by atoms with Crippen molar-refractivity contribution in [2.75, 3.05) is 31.1 Å². The van der Waals surface area contributed by atoms with E-state index in [1.807, 2.05) is 24.6 Å². The number of anilines is 1. The number of nitrogens with zero attached hydrogens (tertiary/aromatic N) is 4. The fourth-order valence-electron chi connectivity index (χ4n) is 10.8. The van der Waals surface area contributed by atoms with Gasteiger partial charge in [-0.15, -0.1) is 0 Å². The molecule has 0 bridgehead atoms. The predicted molar refractivity (Wildman–Crippen MR) is 307 cm³/mol. The van der Waals surface area contributed by atoms with Gasteiger partial charge >= 0.3 is 0 Å². The monoisotopic (exact) mass is 968 g/mol. The minimum atomic E-state index is -0.156. The molecule has 0 saturated heterocycles. The zero-order chi connectivity index (χ0) is 50.3. The van der Waals surface area contributed by atoms with E-state index in [2.05, 4.69) is 51.0 Å². The molecule has 0 fully saturated rings. The number of aliphatic hydroxyl groups excluding tert-OH is 1. The van der Waals surface area contributed by atoms with Crippen LogP contribution in [0.25, 0.3) is 5.57 Å². The van der Waals surface area contributed by atoms with Crippen LogP contribution in [0.15, 0.2) is 45.9 Å². The van der Waals surface area contributed by atoms with Crippen LogP contribution in [0.2, 0.25) is 0 Å². The van der Waals surface area contributed by atoms with Gasteiger partial charge in [-0.2, -0.15) is 0 Å². The van der Waals surface area contributed by atoms with Gasteiger partial charge < -0.3 is 10.0 Å². The highest BCUT2D eigenvalue weighted by Gasteiger charge is 2.39. The Morgan fingerprint density at radius 1 is 0.486 bits per heavy atom. The summed E-state index contributed by atoms with van der Waals surface area (Å²) in [6.45, 7) is 17.6. The molecule has 0 atom stereocenters. The number of aliphatic hydroxyl groups is 1. The smallest absolute Gasteiger partial charge is 0.221 e. The van der Waals surface area contributed by atoms with Gasteiger partial charge in [0.15, 0.2) is 0 Å². The SMILES string of the molecule is CCCCCCCCCCCCN(CCCCCCCCCCCC)c1cnc(C2=C(O)/C(=C3\C=C(C)C(=[N+](CCCCCCCCCCCC)CCCCCCCCCCCC)C=N3)C2=O)cc1C. The molecule has 3 rings (SSSR count). The number of aliphatic imine (C=N–C) groups is 1. The molecular weight excluding hydrogens is 857 g/mol. The summed E-state index contributed by atoms with van der Waals surface area (Å²) < 4.78 is 2.56. The van der Waals surface area contributed by atoms with Gasteiger partial charge in [-0.1, -0.05) is 246 Å². The van der Waals surface area contributed by atoms with Gasteiger partial charge in [0.2, 0.25) is 11.5 Å². The quantitative estimate of drug-likeness (QED) is 0.0402. The normalized spacial score (nSPS) is 14.8. The second kappa shape index (κ2) is 40.5. The molecule has 0 aromatic carbocycles. The van der Waals surface area contributed by atoms with Crippen molar-refractivity contribution >= 4 is 29.0 Å². The molecule has 2 heterocycles. The van der Waals surface area contributed by atoms with Crippen LogP contribution in [-0.4, -0.2) is 58.6 Å². The summed E-state index contributed by atoms with van der Waals surface area (Å²) in [5.74, 6) is -0.124. The summed E-state index contributed by atoms with van der Waals surface area (Å²) in [7, 11) is 0. The average Bonchev–Trinajstić information content (AvgIpc) is 3.35. The number of ketones is 1. The van der Waals surface area contributed by atoms with Gasteiger partial charge in [-0.05, 0) is 57.2 Å². The first kappa shape index (κ1) is 61.3. The van der Waals surface area contributed by atoms with E-state index < -0.39 is 0 Å². The minimum Gasteiger partial charge on any atom is -0.506 e. The first-order valence-electron chi connectivity index (χ1n) is 30.7. The number of hydrogen-bond acceptors (Lipinski definition) is 5. The fourth-order valence-corrected chi connectivity index (χ4v) is 10.8. The van der Waals surface area contributed by atoms with Gasteiger partial charge in [0, 0.05) is 31.5 Å². The highest BCUT2D eigenvalue weighted by atomic mass is 16.3. The number of aryl methyl sites for hydroxylation is 1. The van der Waals surface area contributed by atoms with E-state index in [0.29, 0.717) is 22.5 Å². The number of carbonyl (C=O) groups excluding carboxylic acids is 1. The van der Waals surface area contributed by atoms with E-state index in [9.17, 15) is 9.90 Å². The molecular formula is C64H111N4O2+. The maximum Gasteiger partial charge on any atom is 0.221 e. The molecule has 1 aliphatic carbocycles. The third kappa shape index (κ3) is 25.1. The lowest BCUT2D eigenvalue weighted by molar-refractivity contribution is -0.527. The van der Waals surface area contributed by atoms with Gasteiger partial charge in [0.05, 0.1) is 40.6 Å². The van der Waals surface area contributed by atoms with E-state index >= 15 is 0 Å². The van der Waals surface area contributed by atoms with Crippen molar-refractivity contribution in [3.8, 4) is 0 Å². The lowest BCUT2D eigenvalue weighted by atomic mass is 9.83. The number of hydrogen-bond donors (Lipinski definition) is 1. The highest BCUT2D eigenvalue weighted by Crippen LogP contribution is 2.39. The number of Topliss-reactive ketones (excluding diaryl/α,β-unsaturated/α-hetero) is 1. The highest BCUT2D eigenvalue weighted by molar-refractivity contribution is 6.40. The minimum absolute atomic E-state index is 0.0319. The third-order valence-corrected chi connectivity index (χ3v) is 15.4. The van der Waals surface area contributed by atoms with Crippen molar-refractivity contribution in [3.05, 3.63) is 52.2 Å². The number of dihydropyridines is 1. The van der Waals surface area contributed by atoms with Crippen molar-refractivity contribution in [1.29, 1.82) is 0 Å². The summed E-state index contributed by atoms with van der Waals surface area (Å²) >= 11 is 0. The van der Waals surface area contributed by atoms with E-state index in [-0.39, 0.29) is 11.5 Å². The van der Waals surface area contributed by atoms with Gasteiger partial charge in [-0.25, -0.2) is 9.57 Å². The molecule has 6 nitrogen and oxygen atoms in total. The van der Waals surface area contributed by atoms with E-state index in [4.69, 9.17) is 9.98 Å². The van der Waals surface area contributed by atoms with Crippen molar-refractivity contribution in [1.82, 2.24) is 4.98 Å². The first-order chi connectivity index (χ1) is 34.4. The van der Waals surface area contributed by atoms with Crippen LogP contribution in [-0.2, 0) is 4.79 Å². The van der Waals surface area contributed by atoms with Crippen LogP contribution in [0, 0.1) is 6.92 Å². The summed E-state index contributed by atoms with van der Waals surface area (Å²) in [4.78, 5) is 26.2. The maximum atomic E-state index is 13.9. The molecule has 0 radical (unpaired) electrons. The summed E-state index contributed by atoms with van der Waals surface area (Å²) in [5, 5.41) is 11.5. The van der Waals surface area contributed by atoms with Gasteiger partial charge in [-0.3, -0.25) is 9.78 Å². The fraction of sp³-hybridized carbons (Fsp3) is 0.781. The molecule has 1 aliphatic heterocycles. The third-order valence-electron chi connectivity index (χ3n) is 15.4. The summed E-state index contributed by atoms with van der Waals surface area (Å²) in [5.41, 5.74) is 6.36. The zero-order valence-electron chi connectivity index (χ0n) is 47.1. The van der Waals surface area contributed by atoms with Crippen LogP contribution in [0.3, 0.4) is 0 Å². The Labute approximate surface area is 433 Å². The van der Waals surface area contributed by atoms with E-state index in [1.54, 1.807) is 0 Å². The van der Waals surface area contributed by atoms with Gasteiger partial charge in [0.25, 0.3) is 0 Å². The van der Waals surface area contributed by atoms with Crippen molar-refractivity contribution in [2.24, 2.45) is 4.99 Å². The Bertz CT molecular complexity index is 1650. The van der Waals surface area contributed by atoms with Crippen molar-refractivity contribution in [2.45, 2.75) is 298 Å². The first-order valence-corrected chi connectivity index (χ1v) is 30.7. The summed E-state index contributed by atoms with van der Waals surface area (Å²) in [6.07, 6.45) is 59.4. The lowest BCUT2D eigenvalue weighted by Gasteiger charge is -2.28. The Balaban J connectivity index is 1.67. The molecule has 6 heteroatoms. The topological polar surface area (TPSA) is 68.8 Å². The predicted octanol–water partition coefficient (Wildman–Crippen LogP) is 19.5. The Kier molecular flexibility index (Phi) is 35.4. The van der Waals surface area contributed by atoms with Crippen molar-refractivity contribution in [3.63, 3.8) is 0 Å².